The topological polar surface area (TPSA) is 13.1 Å². The van der Waals surface area contributed by atoms with Crippen molar-refractivity contribution >= 4 is 94.5 Å². The standard InChI is InChI=1S/C76H46BN3/c1-5-16-47(17-6-1)51-28-34-56(35-29-51)78(57-36-30-52(31-37-57)48-18-7-2-8-19-48)58-45-69-74-70(46-58)80-68-41-32-53-24-15-27-61-59-25-13-14-26-60(59)62-38-39-65(76(80)72(62)73(68)71(53)61)77(74)66-44-55(50-22-11-4-12-23-50)43-64-63-42-54(49-20-9-3-10-21-49)33-40-67(63)79(69)75(64)66/h1-46H. The molecule has 0 radical (unpaired) electrons. The normalized spacial score (nSPS) is 12.5. The summed E-state index contributed by atoms with van der Waals surface area (Å²) in [6.45, 7) is -0.0792. The third-order valence-corrected chi connectivity index (χ3v) is 17.8. The molecule has 0 fully saturated rings. The molecule has 0 amide bonds. The molecule has 368 valence electrons. The number of hydrogen-bond acceptors (Lipinski definition) is 1. The summed E-state index contributed by atoms with van der Waals surface area (Å²) in [5, 5.41) is 7.74. The number of aromatic nitrogens is 2. The fourth-order valence-electron chi connectivity index (χ4n) is 14.4. The molecule has 0 atom stereocenters. The number of anilines is 3. The molecule has 0 N–H and O–H groups in total. The van der Waals surface area contributed by atoms with Gasteiger partial charge in [-0.1, -0.05) is 218 Å². The van der Waals surface area contributed by atoms with Crippen molar-refractivity contribution in [1.82, 2.24) is 9.13 Å². The monoisotopic (exact) mass is 1010 g/mol. The molecule has 0 saturated carbocycles. The second-order valence-electron chi connectivity index (χ2n) is 21.9. The van der Waals surface area contributed by atoms with Crippen LogP contribution < -0.4 is 21.3 Å². The fraction of sp³-hybridized carbons (Fsp3) is 0. The van der Waals surface area contributed by atoms with Crippen LogP contribution in [0.4, 0.5) is 17.1 Å². The minimum atomic E-state index is -0.0792. The molecule has 13 aromatic carbocycles. The van der Waals surface area contributed by atoms with Crippen LogP contribution in [0, 0.1) is 0 Å². The summed E-state index contributed by atoms with van der Waals surface area (Å²) in [5.41, 5.74) is 29.4. The second kappa shape index (κ2) is 16.5. The zero-order valence-corrected chi connectivity index (χ0v) is 43.5. The molecule has 0 spiro atoms. The molecular formula is C76H46BN3. The maximum Gasteiger partial charge on any atom is 0.252 e. The smallest absolute Gasteiger partial charge is 0.252 e. The van der Waals surface area contributed by atoms with E-state index >= 15 is 0 Å². The minimum Gasteiger partial charge on any atom is -0.310 e. The summed E-state index contributed by atoms with van der Waals surface area (Å²) < 4.78 is 5.30. The number of rotatable bonds is 7. The first-order valence-corrected chi connectivity index (χ1v) is 27.9. The van der Waals surface area contributed by atoms with E-state index in [4.69, 9.17) is 0 Å². The molecule has 0 bridgehead atoms. The van der Waals surface area contributed by atoms with Crippen molar-refractivity contribution in [1.29, 1.82) is 0 Å². The Morgan fingerprint density at radius 3 is 1.38 bits per heavy atom. The van der Waals surface area contributed by atoms with Crippen LogP contribution in [0.15, 0.2) is 279 Å². The summed E-state index contributed by atoms with van der Waals surface area (Å²) in [5.74, 6) is 0. The van der Waals surface area contributed by atoms with E-state index in [1.165, 1.54) is 149 Å². The quantitative estimate of drug-likeness (QED) is 0.145. The molecule has 4 heteroatoms. The first kappa shape index (κ1) is 43.7. The largest absolute Gasteiger partial charge is 0.310 e. The Labute approximate surface area is 463 Å². The Hall–Kier alpha value is -10.4. The van der Waals surface area contributed by atoms with Crippen LogP contribution in [0.25, 0.3) is 133 Å². The van der Waals surface area contributed by atoms with E-state index in [0.717, 1.165) is 17.1 Å². The molecule has 15 aromatic rings. The number of fused-ring (bicyclic) bond motifs is 11. The van der Waals surface area contributed by atoms with Crippen LogP contribution in [0.2, 0.25) is 0 Å². The third kappa shape index (κ3) is 6.10. The van der Waals surface area contributed by atoms with Crippen LogP contribution in [0.5, 0.6) is 0 Å². The number of benzene rings is 13. The maximum atomic E-state index is 2.67. The minimum absolute atomic E-state index is 0.0792. The first-order chi connectivity index (χ1) is 39.7. The van der Waals surface area contributed by atoms with Crippen molar-refractivity contribution in [2.45, 2.75) is 0 Å². The summed E-state index contributed by atoms with van der Waals surface area (Å²) in [4.78, 5) is 2.49. The molecule has 1 aliphatic carbocycles. The highest BCUT2D eigenvalue weighted by Crippen LogP contribution is 2.52. The van der Waals surface area contributed by atoms with E-state index in [1.54, 1.807) is 0 Å². The Morgan fingerprint density at radius 1 is 0.275 bits per heavy atom. The molecule has 2 aliphatic heterocycles. The van der Waals surface area contributed by atoms with E-state index in [-0.39, 0.29) is 6.71 Å². The van der Waals surface area contributed by atoms with Crippen LogP contribution in [-0.4, -0.2) is 15.8 Å². The SMILES string of the molecule is c1ccc(-c2ccc(N(c3ccc(-c4ccccc4)cc3)c3cc4c5c(c3)-n3c6ccc7cccc8c7c6c6c(ccc(c63)B5c3cc(-c5ccccc5)cc5c6cc(-c7ccccc7)ccc6n-4c35)-c3ccccc3-8)cc2)cc1. The average molecular weight is 1010 g/mol. The molecule has 3 aliphatic rings. The van der Waals surface area contributed by atoms with Crippen molar-refractivity contribution in [3.05, 3.63) is 279 Å². The van der Waals surface area contributed by atoms with Gasteiger partial charge in [0.05, 0.1) is 22.2 Å². The zero-order valence-electron chi connectivity index (χ0n) is 43.5. The van der Waals surface area contributed by atoms with Gasteiger partial charge in [-0.3, -0.25) is 0 Å². The predicted molar refractivity (Wildman–Crippen MR) is 338 cm³/mol. The Bertz CT molecular complexity index is 5000. The van der Waals surface area contributed by atoms with E-state index in [9.17, 15) is 0 Å². The average Bonchev–Trinajstić information content (AvgIpc) is 3.82. The highest BCUT2D eigenvalue weighted by atomic mass is 15.2. The van der Waals surface area contributed by atoms with E-state index in [0.29, 0.717) is 0 Å². The Morgan fingerprint density at radius 2 is 0.762 bits per heavy atom. The van der Waals surface area contributed by atoms with Crippen molar-refractivity contribution in [2.75, 3.05) is 4.90 Å². The zero-order chi connectivity index (χ0) is 52.2. The van der Waals surface area contributed by atoms with Crippen molar-refractivity contribution < 1.29 is 0 Å². The summed E-state index contributed by atoms with van der Waals surface area (Å²) in [7, 11) is 0. The van der Waals surface area contributed by atoms with Gasteiger partial charge in [0.2, 0.25) is 0 Å². The Balaban J connectivity index is 0.993. The van der Waals surface area contributed by atoms with Crippen LogP contribution in [0.1, 0.15) is 0 Å². The maximum absolute atomic E-state index is 2.67. The van der Waals surface area contributed by atoms with E-state index < -0.39 is 0 Å². The molecular weight excluding hydrogens is 966 g/mol. The lowest BCUT2D eigenvalue weighted by Crippen LogP contribution is -2.59. The van der Waals surface area contributed by atoms with Gasteiger partial charge in [0.25, 0.3) is 6.71 Å². The molecule has 18 rings (SSSR count). The van der Waals surface area contributed by atoms with Crippen LogP contribution in [-0.2, 0) is 0 Å². The third-order valence-electron chi connectivity index (χ3n) is 17.8. The van der Waals surface area contributed by atoms with Crippen LogP contribution in [0.3, 0.4) is 0 Å². The van der Waals surface area contributed by atoms with Gasteiger partial charge in [-0.25, -0.2) is 0 Å². The van der Waals surface area contributed by atoms with Crippen LogP contribution >= 0.6 is 0 Å². The van der Waals surface area contributed by atoms with E-state index in [1.807, 2.05) is 0 Å². The van der Waals surface area contributed by atoms with Gasteiger partial charge >= 0.3 is 0 Å². The molecule has 0 unspecified atom stereocenters. The molecule has 3 nitrogen and oxygen atoms in total. The summed E-state index contributed by atoms with van der Waals surface area (Å²) in [6, 6.07) is 105. The summed E-state index contributed by atoms with van der Waals surface area (Å²) >= 11 is 0. The first-order valence-electron chi connectivity index (χ1n) is 27.9. The molecule has 4 heterocycles. The lowest BCUT2D eigenvalue weighted by atomic mass is 9.34. The van der Waals surface area contributed by atoms with E-state index in [2.05, 4.69) is 293 Å². The summed E-state index contributed by atoms with van der Waals surface area (Å²) in [6.07, 6.45) is 0. The van der Waals surface area contributed by atoms with Gasteiger partial charge in [-0.15, -0.1) is 0 Å². The lowest BCUT2D eigenvalue weighted by molar-refractivity contribution is 1.13. The highest BCUT2D eigenvalue weighted by Gasteiger charge is 2.43. The number of nitrogens with zero attached hydrogens (tertiary/aromatic N) is 3. The molecule has 0 saturated heterocycles. The highest BCUT2D eigenvalue weighted by molar-refractivity contribution is 7.00. The lowest BCUT2D eigenvalue weighted by Gasteiger charge is -2.36. The van der Waals surface area contributed by atoms with Gasteiger partial charge in [-0.05, 0) is 155 Å². The second-order valence-corrected chi connectivity index (χ2v) is 21.9. The van der Waals surface area contributed by atoms with Gasteiger partial charge in [-0.2, -0.15) is 0 Å². The van der Waals surface area contributed by atoms with Gasteiger partial charge in [0, 0.05) is 49.8 Å². The van der Waals surface area contributed by atoms with Crippen molar-refractivity contribution in [3.8, 4) is 78.1 Å². The molecule has 2 aromatic heterocycles. The van der Waals surface area contributed by atoms with Gasteiger partial charge in [0.15, 0.2) is 0 Å². The Kier molecular flexibility index (Phi) is 9.03. The van der Waals surface area contributed by atoms with Crippen molar-refractivity contribution in [2.24, 2.45) is 0 Å². The fourth-order valence-corrected chi connectivity index (χ4v) is 14.4. The van der Waals surface area contributed by atoms with Crippen molar-refractivity contribution in [3.63, 3.8) is 0 Å². The van der Waals surface area contributed by atoms with Gasteiger partial charge in [0.1, 0.15) is 0 Å². The molecule has 80 heavy (non-hydrogen) atoms. The van der Waals surface area contributed by atoms with Gasteiger partial charge < -0.3 is 14.0 Å². The number of hydrogen-bond donors (Lipinski definition) is 0. The predicted octanol–water partition coefficient (Wildman–Crippen LogP) is 18.0.